The number of thiazole rings is 1. The van der Waals surface area contributed by atoms with E-state index in [-0.39, 0.29) is 5.69 Å². The molecule has 0 spiro atoms. The molecule has 0 aliphatic carbocycles. The highest BCUT2D eigenvalue weighted by molar-refractivity contribution is 7.09. The van der Waals surface area contributed by atoms with Gasteiger partial charge in [-0.15, -0.1) is 16.4 Å². The molecule has 0 amide bonds. The summed E-state index contributed by atoms with van der Waals surface area (Å²) in [5.41, 5.74) is 6.83. The zero-order valence-electron chi connectivity index (χ0n) is 9.83. The van der Waals surface area contributed by atoms with Crippen LogP contribution in [0.2, 0.25) is 0 Å². The number of carbonyl (C=O) groups is 1. The fraction of sp³-hybridized carbons (Fsp3) is 0.400. The fourth-order valence-electron chi connectivity index (χ4n) is 1.64. The van der Waals surface area contributed by atoms with Crippen LogP contribution < -0.4 is 5.73 Å². The molecule has 0 saturated heterocycles. The van der Waals surface area contributed by atoms with Crippen LogP contribution >= 0.6 is 11.3 Å². The Hall–Kier alpha value is -1.80. The number of carboxylic acid groups (broad SMARTS) is 1. The first-order chi connectivity index (χ1) is 8.61. The molecule has 0 unspecified atom stereocenters. The van der Waals surface area contributed by atoms with Crippen molar-refractivity contribution < 1.29 is 9.90 Å². The van der Waals surface area contributed by atoms with E-state index in [9.17, 15) is 4.79 Å². The maximum atomic E-state index is 11.0. The largest absolute Gasteiger partial charge is 0.476 e. The van der Waals surface area contributed by atoms with Gasteiger partial charge >= 0.3 is 5.97 Å². The number of hydrogen-bond acceptors (Lipinski definition) is 6. The number of rotatable bonds is 5. The molecule has 0 fully saturated rings. The van der Waals surface area contributed by atoms with Gasteiger partial charge in [-0.25, -0.2) is 14.5 Å². The molecule has 2 heterocycles. The monoisotopic (exact) mass is 267 g/mol. The van der Waals surface area contributed by atoms with Gasteiger partial charge in [-0.3, -0.25) is 0 Å². The summed E-state index contributed by atoms with van der Waals surface area (Å²) in [4.78, 5) is 15.3. The molecule has 0 bridgehead atoms. The van der Waals surface area contributed by atoms with Crippen molar-refractivity contribution in [1.82, 2.24) is 20.0 Å². The Labute approximate surface area is 107 Å². The van der Waals surface area contributed by atoms with Crippen molar-refractivity contribution in [3.05, 3.63) is 27.5 Å². The van der Waals surface area contributed by atoms with Gasteiger partial charge in [0.1, 0.15) is 0 Å². The van der Waals surface area contributed by atoms with E-state index < -0.39 is 5.97 Å². The van der Waals surface area contributed by atoms with Crippen LogP contribution in [0.15, 0.2) is 5.38 Å². The molecule has 0 aliphatic heterocycles. The van der Waals surface area contributed by atoms with Gasteiger partial charge in [0.2, 0.25) is 0 Å². The van der Waals surface area contributed by atoms with Crippen molar-refractivity contribution in [2.75, 3.05) is 6.54 Å². The lowest BCUT2D eigenvalue weighted by atomic mass is 10.2. The number of nitrogens with zero attached hydrogens (tertiary/aromatic N) is 4. The third-order valence-electron chi connectivity index (χ3n) is 2.40. The molecule has 0 saturated carbocycles. The summed E-state index contributed by atoms with van der Waals surface area (Å²) in [6.45, 7) is 2.68. The van der Waals surface area contributed by atoms with E-state index in [0.717, 1.165) is 10.7 Å². The van der Waals surface area contributed by atoms with Crippen molar-refractivity contribution in [2.24, 2.45) is 5.73 Å². The Balaban J connectivity index is 2.29. The Kier molecular flexibility index (Phi) is 3.68. The maximum absolute atomic E-state index is 11.0. The molecule has 2 rings (SSSR count). The summed E-state index contributed by atoms with van der Waals surface area (Å²) < 4.78 is 1.55. The number of carboxylic acids is 1. The maximum Gasteiger partial charge on any atom is 0.358 e. The summed E-state index contributed by atoms with van der Waals surface area (Å²) in [6.07, 6.45) is 0.428. The first-order valence-corrected chi connectivity index (χ1v) is 6.26. The van der Waals surface area contributed by atoms with Crippen molar-refractivity contribution in [3.63, 3.8) is 0 Å². The van der Waals surface area contributed by atoms with Crippen molar-refractivity contribution >= 4 is 17.3 Å². The summed E-state index contributed by atoms with van der Waals surface area (Å²) in [6, 6.07) is 0. The Bertz CT molecular complexity index is 562. The molecule has 2 aromatic heterocycles. The number of nitrogens with two attached hydrogens (primary N) is 1. The molecule has 7 nitrogen and oxygen atoms in total. The van der Waals surface area contributed by atoms with E-state index in [4.69, 9.17) is 10.8 Å². The molecular weight excluding hydrogens is 254 g/mol. The minimum absolute atomic E-state index is 0.0348. The van der Waals surface area contributed by atoms with Gasteiger partial charge in [0.05, 0.1) is 22.9 Å². The van der Waals surface area contributed by atoms with Crippen molar-refractivity contribution in [2.45, 2.75) is 19.9 Å². The van der Waals surface area contributed by atoms with Crippen LogP contribution in [-0.4, -0.2) is 37.6 Å². The van der Waals surface area contributed by atoms with E-state index in [1.54, 1.807) is 16.0 Å². The zero-order chi connectivity index (χ0) is 13.1. The van der Waals surface area contributed by atoms with E-state index in [0.29, 0.717) is 25.2 Å². The summed E-state index contributed by atoms with van der Waals surface area (Å²) in [7, 11) is 0. The Morgan fingerprint density at radius 3 is 2.94 bits per heavy atom. The molecule has 18 heavy (non-hydrogen) atoms. The number of hydrogen-bond donors (Lipinski definition) is 2. The summed E-state index contributed by atoms with van der Waals surface area (Å²) in [5, 5.41) is 19.4. The van der Waals surface area contributed by atoms with Gasteiger partial charge in [0, 0.05) is 11.8 Å². The number of aromatic nitrogens is 4. The number of aryl methyl sites for hydroxylation is 1. The lowest BCUT2D eigenvalue weighted by Gasteiger charge is -2.03. The molecular formula is C10H13N5O2S. The second-order valence-electron chi connectivity index (χ2n) is 3.74. The van der Waals surface area contributed by atoms with Gasteiger partial charge in [-0.2, -0.15) is 0 Å². The van der Waals surface area contributed by atoms with Crippen LogP contribution in [-0.2, 0) is 13.0 Å². The predicted molar refractivity (Wildman–Crippen MR) is 65.7 cm³/mol. The van der Waals surface area contributed by atoms with Crippen LogP contribution in [0.25, 0.3) is 0 Å². The molecule has 0 aliphatic rings. The lowest BCUT2D eigenvalue weighted by molar-refractivity contribution is 0.0689. The van der Waals surface area contributed by atoms with Gasteiger partial charge in [-0.05, 0) is 13.5 Å². The van der Waals surface area contributed by atoms with Gasteiger partial charge in [-0.1, -0.05) is 5.21 Å². The van der Waals surface area contributed by atoms with Crippen LogP contribution in [0.1, 0.15) is 26.9 Å². The minimum atomic E-state index is -1.08. The van der Waals surface area contributed by atoms with Gasteiger partial charge < -0.3 is 10.8 Å². The molecule has 0 radical (unpaired) electrons. The van der Waals surface area contributed by atoms with E-state index in [1.807, 2.05) is 12.3 Å². The van der Waals surface area contributed by atoms with Crippen LogP contribution in [0.5, 0.6) is 0 Å². The highest BCUT2D eigenvalue weighted by Gasteiger charge is 2.18. The predicted octanol–water partition coefficient (Wildman–Crippen LogP) is 0.291. The van der Waals surface area contributed by atoms with Crippen molar-refractivity contribution in [1.29, 1.82) is 0 Å². The average molecular weight is 267 g/mol. The van der Waals surface area contributed by atoms with Crippen LogP contribution in [0.4, 0.5) is 0 Å². The van der Waals surface area contributed by atoms with Crippen LogP contribution in [0, 0.1) is 6.92 Å². The van der Waals surface area contributed by atoms with Crippen LogP contribution in [0.3, 0.4) is 0 Å². The van der Waals surface area contributed by atoms with E-state index in [2.05, 4.69) is 15.3 Å². The molecule has 2 aromatic rings. The normalized spacial score (nSPS) is 10.8. The Morgan fingerprint density at radius 1 is 1.61 bits per heavy atom. The number of aromatic carboxylic acids is 1. The molecule has 0 atom stereocenters. The minimum Gasteiger partial charge on any atom is -0.476 e. The fourth-order valence-corrected chi connectivity index (χ4v) is 2.25. The topological polar surface area (TPSA) is 107 Å². The first kappa shape index (κ1) is 12.7. The quantitative estimate of drug-likeness (QED) is 0.806. The summed E-state index contributed by atoms with van der Waals surface area (Å²) in [5.74, 6) is -1.08. The lowest BCUT2D eigenvalue weighted by Crippen LogP contribution is -2.14. The molecule has 3 N–H and O–H groups in total. The molecule has 8 heteroatoms. The van der Waals surface area contributed by atoms with E-state index in [1.165, 1.54) is 0 Å². The Morgan fingerprint density at radius 2 is 2.39 bits per heavy atom. The second-order valence-corrected chi connectivity index (χ2v) is 4.81. The molecule has 0 aromatic carbocycles. The smallest absolute Gasteiger partial charge is 0.358 e. The van der Waals surface area contributed by atoms with Crippen molar-refractivity contribution in [3.8, 4) is 0 Å². The third-order valence-corrected chi connectivity index (χ3v) is 3.22. The summed E-state index contributed by atoms with van der Waals surface area (Å²) >= 11 is 1.54. The molecule has 96 valence electrons. The van der Waals surface area contributed by atoms with E-state index >= 15 is 0 Å². The van der Waals surface area contributed by atoms with Gasteiger partial charge in [0.15, 0.2) is 5.69 Å². The highest BCUT2D eigenvalue weighted by Crippen LogP contribution is 2.12. The van der Waals surface area contributed by atoms with Gasteiger partial charge in [0.25, 0.3) is 0 Å². The zero-order valence-corrected chi connectivity index (χ0v) is 10.6. The third kappa shape index (κ3) is 2.54. The highest BCUT2D eigenvalue weighted by atomic mass is 32.1. The average Bonchev–Trinajstić information content (AvgIpc) is 2.88. The second kappa shape index (κ2) is 5.23. The standard InChI is InChI=1S/C10H13N5O2S/c1-6-12-7(5-18-6)4-15-8(2-3-11)9(10(16)17)13-14-15/h5H,2-4,11H2,1H3,(H,16,17). The first-order valence-electron chi connectivity index (χ1n) is 5.38. The SMILES string of the molecule is Cc1nc(Cn2nnc(C(=O)O)c2CCN)cs1.